The van der Waals surface area contributed by atoms with Crippen molar-refractivity contribution < 1.29 is 14.5 Å². The van der Waals surface area contributed by atoms with Crippen LogP contribution in [0.2, 0.25) is 0 Å². The van der Waals surface area contributed by atoms with Gasteiger partial charge in [0.2, 0.25) is 0 Å². The van der Waals surface area contributed by atoms with Crippen molar-refractivity contribution in [2.75, 3.05) is 6.61 Å². The zero-order chi connectivity index (χ0) is 14.4. The van der Waals surface area contributed by atoms with Crippen LogP contribution in [0.1, 0.15) is 27.2 Å². The Kier molecular flexibility index (Phi) is 8.57. The fraction of sp³-hybridized carbons (Fsp3) is 0.833. The van der Waals surface area contributed by atoms with E-state index in [1.54, 1.807) is 6.82 Å². The van der Waals surface area contributed by atoms with Gasteiger partial charge < -0.3 is 0 Å². The van der Waals surface area contributed by atoms with E-state index in [-0.39, 0.29) is 37.0 Å². The molecule has 0 spiro atoms. The van der Waals surface area contributed by atoms with Crippen LogP contribution in [0.15, 0.2) is 9.66 Å². The van der Waals surface area contributed by atoms with Gasteiger partial charge >= 0.3 is 136 Å². The Balaban J connectivity index is 2.67. The quantitative estimate of drug-likeness (QED) is 0.325. The third-order valence-electron chi connectivity index (χ3n) is 3.74. The Morgan fingerprint density at radius 2 is 2.21 bits per heavy atom. The zero-order valence-electron chi connectivity index (χ0n) is 11.5. The summed E-state index contributed by atoms with van der Waals surface area (Å²) >= 11 is 7.04. The third-order valence-corrected chi connectivity index (χ3v) is 5.27. The summed E-state index contributed by atoms with van der Waals surface area (Å²) in [7, 11) is 0. The molecule has 1 unspecified atom stereocenters. The third kappa shape index (κ3) is 5.01. The van der Waals surface area contributed by atoms with Crippen LogP contribution in [0.5, 0.6) is 0 Å². The van der Waals surface area contributed by atoms with E-state index in [1.807, 2.05) is 17.9 Å². The van der Waals surface area contributed by atoms with Crippen molar-refractivity contribution in [3.05, 3.63) is 9.66 Å². The van der Waals surface area contributed by atoms with Crippen molar-refractivity contribution in [1.82, 2.24) is 0 Å². The number of hydrogen-bond donors (Lipinski definition) is 1. The second-order valence-electron chi connectivity index (χ2n) is 5.05. The van der Waals surface area contributed by atoms with Crippen molar-refractivity contribution in [2.45, 2.75) is 45.5 Å². The molecule has 19 heavy (non-hydrogen) atoms. The summed E-state index contributed by atoms with van der Waals surface area (Å²) in [4.78, 5) is 0. The summed E-state index contributed by atoms with van der Waals surface area (Å²) in [6.07, 6.45) is 0.480. The van der Waals surface area contributed by atoms with Crippen LogP contribution in [0.25, 0.3) is 0 Å². The van der Waals surface area contributed by atoms with Gasteiger partial charge in [-0.1, -0.05) is 0 Å². The summed E-state index contributed by atoms with van der Waals surface area (Å²) in [6, 6.07) is 0. The molecule has 1 saturated heterocycles. The summed E-state index contributed by atoms with van der Waals surface area (Å²) in [5, 5.41) is 10.4. The van der Waals surface area contributed by atoms with Gasteiger partial charge in [0, 0.05) is 0 Å². The molecule has 3 nitrogen and oxygen atoms in total. The van der Waals surface area contributed by atoms with Gasteiger partial charge in [-0.3, -0.25) is 0 Å². The molecule has 1 fully saturated rings. The number of aliphatic hydroxyl groups excluding tert-OH is 1. The first kappa shape index (κ1) is 18.0. The molecule has 1 aliphatic heterocycles. The Morgan fingerprint density at radius 3 is 2.79 bits per heavy atom. The second kappa shape index (κ2) is 9.06. The average Bonchev–Trinajstić information content (AvgIpc) is 2.42. The molecule has 0 amide bonds. The first-order valence-electron chi connectivity index (χ1n) is 6.44. The molecule has 0 radical (unpaired) electrons. The molecule has 0 aromatic carbocycles. The first-order valence-corrected chi connectivity index (χ1v) is 9.89. The zero-order valence-corrected chi connectivity index (χ0v) is 15.5. The van der Waals surface area contributed by atoms with E-state index in [1.165, 1.54) is 5.57 Å². The molecule has 0 aliphatic carbocycles. The molecular weight excluding hydrogens is 393 g/mol. The van der Waals surface area contributed by atoms with Gasteiger partial charge in [0.25, 0.3) is 0 Å². The van der Waals surface area contributed by atoms with Crippen molar-refractivity contribution in [3.63, 3.8) is 0 Å². The molecular formula is C12H21BIO3PS. The molecule has 1 rings (SSSR count). The fourth-order valence-corrected chi connectivity index (χ4v) is 3.25. The van der Waals surface area contributed by atoms with E-state index in [2.05, 4.69) is 29.5 Å². The van der Waals surface area contributed by atoms with E-state index >= 15 is 0 Å². The van der Waals surface area contributed by atoms with Crippen LogP contribution in [-0.4, -0.2) is 36.8 Å². The van der Waals surface area contributed by atoms with Gasteiger partial charge in [-0.25, -0.2) is 0 Å². The van der Waals surface area contributed by atoms with Gasteiger partial charge in [0.15, 0.2) is 0 Å². The molecule has 0 bridgehead atoms. The molecule has 108 valence electrons. The topological polar surface area (TPSA) is 38.7 Å². The number of hydrogen-bond acceptors (Lipinski definition) is 4. The van der Waals surface area contributed by atoms with Gasteiger partial charge in [-0.2, -0.15) is 0 Å². The summed E-state index contributed by atoms with van der Waals surface area (Å²) in [6.45, 7) is 8.69. The van der Waals surface area contributed by atoms with Gasteiger partial charge in [-0.05, 0) is 0 Å². The van der Waals surface area contributed by atoms with Crippen molar-refractivity contribution in [1.29, 1.82) is 0 Å². The summed E-state index contributed by atoms with van der Waals surface area (Å²) in [5.74, 6) is 0.252. The number of rotatable bonds is 5. The predicted molar refractivity (Wildman–Crippen MR) is 92.8 cm³/mol. The maximum atomic E-state index is 10.4. The number of aliphatic hydroxyl groups is 1. The number of ether oxygens (including phenoxy) is 1. The Bertz CT molecular complexity index is 376. The molecule has 0 aromatic rings. The second-order valence-corrected chi connectivity index (χ2v) is 6.85. The van der Waals surface area contributed by atoms with Crippen LogP contribution in [0.4, 0.5) is 0 Å². The Labute approximate surface area is 136 Å². The monoisotopic (exact) mass is 414 g/mol. The van der Waals surface area contributed by atoms with Gasteiger partial charge in [0.1, 0.15) is 0 Å². The van der Waals surface area contributed by atoms with E-state index in [4.69, 9.17) is 21.2 Å². The number of halogens is 1. The van der Waals surface area contributed by atoms with E-state index in [0.29, 0.717) is 6.61 Å². The minimum absolute atomic E-state index is 0.00194. The van der Waals surface area contributed by atoms with Crippen LogP contribution in [-0.2, 0) is 21.2 Å². The minimum atomic E-state index is -0.333. The molecule has 1 heterocycles. The van der Waals surface area contributed by atoms with Gasteiger partial charge in [0.05, 0.1) is 0 Å². The molecule has 0 saturated carbocycles. The van der Waals surface area contributed by atoms with Crippen LogP contribution in [0, 0.1) is 11.8 Å². The van der Waals surface area contributed by atoms with E-state index < -0.39 is 0 Å². The van der Waals surface area contributed by atoms with Crippen LogP contribution in [0.3, 0.4) is 0 Å². The van der Waals surface area contributed by atoms with Crippen LogP contribution >= 0.6 is 29.4 Å². The Morgan fingerprint density at radius 1 is 1.53 bits per heavy atom. The van der Waals surface area contributed by atoms with Crippen molar-refractivity contribution >= 4 is 48.1 Å². The summed E-state index contributed by atoms with van der Waals surface area (Å²) in [5.41, 5.74) is 1.17. The molecule has 6 atom stereocenters. The van der Waals surface area contributed by atoms with Crippen LogP contribution < -0.4 is 0 Å². The standard InChI is InChI=1S/C12H21BIO3PS/c1-7(6-14)12-9(3)11(15)8(2)10(17-12)4-5-16-13-18-19/h6,8-12,15,18H,4-5H2,1-3H3/b7-6+/t8-,9+,10+,11+,12-/m0/s1. The van der Waals surface area contributed by atoms with E-state index in [0.717, 1.165) is 6.42 Å². The molecule has 1 aliphatic rings. The maximum absolute atomic E-state index is 10.4. The van der Waals surface area contributed by atoms with Gasteiger partial charge in [-0.15, -0.1) is 0 Å². The van der Waals surface area contributed by atoms with E-state index in [9.17, 15) is 5.11 Å². The van der Waals surface area contributed by atoms with Crippen molar-refractivity contribution in [3.8, 4) is 0 Å². The molecule has 7 heteroatoms. The Hall–Kier alpha value is 0.935. The average molecular weight is 414 g/mol. The van der Waals surface area contributed by atoms with Crippen molar-refractivity contribution in [2.24, 2.45) is 11.8 Å². The molecule has 1 N–H and O–H groups in total. The molecule has 0 aromatic heterocycles. The first-order chi connectivity index (χ1) is 9.02. The fourth-order valence-electron chi connectivity index (χ4n) is 2.51. The SMILES string of the molecule is C/C(=C\I)[C@@H]1O[C@H](CCOB=[PH]=S)[C@H](C)[C@@H](O)[C@H]1C. The summed E-state index contributed by atoms with van der Waals surface area (Å²) < 4.78 is 13.5. The normalized spacial score (nSPS) is 36.3. The predicted octanol–water partition coefficient (Wildman–Crippen LogP) is 2.81.